The molecule has 0 unspecified atom stereocenters. The second kappa shape index (κ2) is 6.68. The molecule has 0 bridgehead atoms. The van der Waals surface area contributed by atoms with Crippen LogP contribution in [-0.2, 0) is 12.8 Å². The first-order chi connectivity index (χ1) is 15.0. The number of benzene rings is 1. The molecule has 3 aromatic heterocycles. The lowest BCUT2D eigenvalue weighted by atomic mass is 9.97. The largest absolute Gasteiger partial charge is 0.269 e. The Morgan fingerprint density at radius 1 is 1.03 bits per heavy atom. The van der Waals surface area contributed by atoms with Crippen LogP contribution in [0.15, 0.2) is 30.6 Å². The van der Waals surface area contributed by atoms with Crippen LogP contribution in [-0.4, -0.2) is 36.3 Å². The predicted molar refractivity (Wildman–Crippen MR) is 117 cm³/mol. The SMILES string of the molecule is CC(C)[C@@H](c1nc2c3c4c(sc3ncn2n1)CCCC4)N1C(=O)c2ccccc2C1=O. The van der Waals surface area contributed by atoms with E-state index < -0.39 is 6.04 Å². The molecule has 6 rings (SSSR count). The molecule has 2 amide bonds. The zero-order valence-corrected chi connectivity index (χ0v) is 18.1. The molecule has 0 saturated carbocycles. The zero-order valence-electron chi connectivity index (χ0n) is 17.3. The Balaban J connectivity index is 1.51. The molecule has 1 aliphatic carbocycles. The predicted octanol–water partition coefficient (Wildman–Crippen LogP) is 4.21. The number of aromatic nitrogens is 4. The maximum Gasteiger partial charge on any atom is 0.262 e. The standard InChI is InChI=1S/C23H21N5O2S/c1-12(2)18(28-22(29)13-7-3-4-8-14(13)23(28)30)19-25-20-17-15-9-5-6-10-16(15)31-21(17)24-11-27(20)26-19/h3-4,7-8,11-12,18H,5-6,9-10H2,1-2H3/t18-/m0/s1. The van der Waals surface area contributed by atoms with E-state index in [0.29, 0.717) is 17.0 Å². The number of hydrogen-bond acceptors (Lipinski definition) is 6. The van der Waals surface area contributed by atoms with Crippen molar-refractivity contribution in [2.45, 2.75) is 45.6 Å². The Hall–Kier alpha value is -3.13. The molecule has 0 spiro atoms. The fourth-order valence-electron chi connectivity index (χ4n) is 4.87. The molecule has 0 saturated heterocycles. The third-order valence-corrected chi connectivity index (χ3v) is 7.51. The Bertz CT molecular complexity index is 1350. The Labute approximate surface area is 182 Å². The second-order valence-corrected chi connectivity index (χ2v) is 9.67. The fraction of sp³-hybridized carbons (Fsp3) is 0.348. The smallest absolute Gasteiger partial charge is 0.262 e. The van der Waals surface area contributed by atoms with Gasteiger partial charge in [0, 0.05) is 4.88 Å². The highest BCUT2D eigenvalue weighted by Crippen LogP contribution is 2.39. The summed E-state index contributed by atoms with van der Waals surface area (Å²) in [6.07, 6.45) is 6.20. The van der Waals surface area contributed by atoms with Gasteiger partial charge in [0.15, 0.2) is 11.5 Å². The molecule has 0 radical (unpaired) electrons. The summed E-state index contributed by atoms with van der Waals surface area (Å²) < 4.78 is 1.70. The summed E-state index contributed by atoms with van der Waals surface area (Å²) in [7, 11) is 0. The molecule has 31 heavy (non-hydrogen) atoms. The van der Waals surface area contributed by atoms with E-state index in [0.717, 1.165) is 28.7 Å². The fourth-order valence-corrected chi connectivity index (χ4v) is 6.09. The topological polar surface area (TPSA) is 80.5 Å². The molecule has 7 nitrogen and oxygen atoms in total. The van der Waals surface area contributed by atoms with E-state index in [2.05, 4.69) is 4.98 Å². The van der Waals surface area contributed by atoms with Gasteiger partial charge >= 0.3 is 0 Å². The van der Waals surface area contributed by atoms with Crippen LogP contribution in [0.5, 0.6) is 0 Å². The Morgan fingerprint density at radius 2 is 1.74 bits per heavy atom. The van der Waals surface area contributed by atoms with Crippen molar-refractivity contribution in [3.05, 3.63) is 58.0 Å². The van der Waals surface area contributed by atoms with Gasteiger partial charge in [0.05, 0.1) is 16.5 Å². The highest BCUT2D eigenvalue weighted by molar-refractivity contribution is 7.19. The lowest BCUT2D eigenvalue weighted by Gasteiger charge is -2.26. The average Bonchev–Trinajstić information content (AvgIpc) is 3.42. The first kappa shape index (κ1) is 18.6. The van der Waals surface area contributed by atoms with Gasteiger partial charge in [-0.2, -0.15) is 0 Å². The number of thiophene rings is 1. The lowest BCUT2D eigenvalue weighted by molar-refractivity contribution is 0.0529. The van der Waals surface area contributed by atoms with Gasteiger partial charge in [-0.25, -0.2) is 14.5 Å². The van der Waals surface area contributed by atoms with Crippen LogP contribution in [0.1, 0.15) is 69.7 Å². The molecule has 0 N–H and O–H groups in total. The minimum absolute atomic E-state index is 0.0422. The highest BCUT2D eigenvalue weighted by Gasteiger charge is 2.43. The summed E-state index contributed by atoms with van der Waals surface area (Å²) in [5, 5.41) is 5.77. The number of fused-ring (bicyclic) bond motifs is 6. The van der Waals surface area contributed by atoms with Crippen molar-refractivity contribution in [1.29, 1.82) is 0 Å². The lowest BCUT2D eigenvalue weighted by Crippen LogP contribution is -2.37. The number of amides is 2. The van der Waals surface area contributed by atoms with Crippen molar-refractivity contribution < 1.29 is 9.59 Å². The van der Waals surface area contributed by atoms with Crippen LogP contribution in [0.4, 0.5) is 0 Å². The molecule has 0 fully saturated rings. The van der Waals surface area contributed by atoms with Crippen molar-refractivity contribution >= 4 is 39.0 Å². The second-order valence-electron chi connectivity index (χ2n) is 8.59. The maximum absolute atomic E-state index is 13.1. The third kappa shape index (κ3) is 2.61. The monoisotopic (exact) mass is 431 g/mol. The first-order valence-corrected chi connectivity index (χ1v) is 11.5. The van der Waals surface area contributed by atoms with E-state index in [1.165, 1.54) is 28.2 Å². The number of rotatable bonds is 3. The maximum atomic E-state index is 13.1. The molecule has 1 aliphatic heterocycles. The first-order valence-electron chi connectivity index (χ1n) is 10.7. The molecular formula is C23H21N5O2S. The number of imide groups is 1. The van der Waals surface area contributed by atoms with Gasteiger partial charge in [-0.1, -0.05) is 26.0 Å². The van der Waals surface area contributed by atoms with Gasteiger partial charge in [0.1, 0.15) is 17.2 Å². The van der Waals surface area contributed by atoms with E-state index >= 15 is 0 Å². The number of aryl methyl sites for hydroxylation is 2. The van der Waals surface area contributed by atoms with Gasteiger partial charge in [-0.3, -0.25) is 14.5 Å². The van der Waals surface area contributed by atoms with Crippen molar-refractivity contribution in [3.8, 4) is 0 Å². The van der Waals surface area contributed by atoms with E-state index in [-0.39, 0.29) is 17.7 Å². The summed E-state index contributed by atoms with van der Waals surface area (Å²) in [4.78, 5) is 39.5. The molecule has 1 aromatic carbocycles. The average molecular weight is 432 g/mol. The number of hydrogen-bond donors (Lipinski definition) is 0. The summed E-state index contributed by atoms with van der Waals surface area (Å²) in [6.45, 7) is 3.97. The van der Waals surface area contributed by atoms with Crippen LogP contribution in [0.3, 0.4) is 0 Å². The number of carbonyl (C=O) groups is 2. The van der Waals surface area contributed by atoms with Gasteiger partial charge in [0.2, 0.25) is 0 Å². The molecule has 2 aliphatic rings. The summed E-state index contributed by atoms with van der Waals surface area (Å²) in [5.41, 5.74) is 2.99. The summed E-state index contributed by atoms with van der Waals surface area (Å²) in [5.74, 6) is -0.127. The van der Waals surface area contributed by atoms with Crippen LogP contribution in [0, 0.1) is 5.92 Å². The Kier molecular flexibility index (Phi) is 4.02. The van der Waals surface area contributed by atoms with Gasteiger partial charge in [-0.15, -0.1) is 16.4 Å². The van der Waals surface area contributed by atoms with Crippen molar-refractivity contribution in [3.63, 3.8) is 0 Å². The van der Waals surface area contributed by atoms with Gasteiger partial charge in [-0.05, 0) is 49.3 Å². The molecule has 4 heterocycles. The van der Waals surface area contributed by atoms with Crippen molar-refractivity contribution in [2.75, 3.05) is 0 Å². The van der Waals surface area contributed by atoms with Crippen molar-refractivity contribution in [1.82, 2.24) is 24.5 Å². The van der Waals surface area contributed by atoms with Crippen LogP contribution < -0.4 is 0 Å². The Morgan fingerprint density at radius 3 is 2.45 bits per heavy atom. The van der Waals surface area contributed by atoms with Crippen molar-refractivity contribution in [2.24, 2.45) is 5.92 Å². The highest BCUT2D eigenvalue weighted by atomic mass is 32.1. The molecule has 1 atom stereocenters. The normalized spacial score (nSPS) is 17.1. The molecule has 156 valence electrons. The minimum Gasteiger partial charge on any atom is -0.269 e. The summed E-state index contributed by atoms with van der Waals surface area (Å²) in [6, 6.07) is 6.42. The van der Waals surface area contributed by atoms with Gasteiger partial charge < -0.3 is 0 Å². The summed E-state index contributed by atoms with van der Waals surface area (Å²) >= 11 is 1.75. The van der Waals surface area contributed by atoms with Gasteiger partial charge in [0.25, 0.3) is 11.8 Å². The molecular weight excluding hydrogens is 410 g/mol. The minimum atomic E-state index is -0.545. The third-order valence-electron chi connectivity index (χ3n) is 6.31. The van der Waals surface area contributed by atoms with E-state index in [1.54, 1.807) is 46.4 Å². The van der Waals surface area contributed by atoms with Crippen LogP contribution in [0.2, 0.25) is 0 Å². The zero-order chi connectivity index (χ0) is 21.3. The van der Waals surface area contributed by atoms with Crippen LogP contribution in [0.25, 0.3) is 15.9 Å². The van der Waals surface area contributed by atoms with E-state index in [4.69, 9.17) is 10.1 Å². The van der Waals surface area contributed by atoms with Crippen LogP contribution >= 0.6 is 11.3 Å². The number of nitrogens with zero attached hydrogens (tertiary/aromatic N) is 5. The van der Waals surface area contributed by atoms with E-state index in [1.807, 2.05) is 13.8 Å². The molecule has 4 aromatic rings. The number of carbonyl (C=O) groups excluding carboxylic acids is 2. The molecule has 8 heteroatoms. The quantitative estimate of drug-likeness (QED) is 0.454. The van der Waals surface area contributed by atoms with E-state index in [9.17, 15) is 9.59 Å².